The number of amidine groups is 2. The summed E-state index contributed by atoms with van der Waals surface area (Å²) < 4.78 is 0. The molecule has 0 amide bonds. The second-order valence-electron chi connectivity index (χ2n) is 3.70. The van der Waals surface area contributed by atoms with Gasteiger partial charge in [-0.1, -0.05) is 53.7 Å². The molecule has 3 nitrogen and oxygen atoms in total. The van der Waals surface area contributed by atoms with Crippen LogP contribution in [0.5, 0.6) is 0 Å². The third kappa shape index (κ3) is 3.01. The molecule has 1 aliphatic rings. The van der Waals surface area contributed by atoms with Crippen LogP contribution in [-0.2, 0) is 6.54 Å². The Morgan fingerprint density at radius 1 is 1.35 bits per heavy atom. The summed E-state index contributed by atoms with van der Waals surface area (Å²) in [7, 11) is 0. The predicted octanol–water partition coefficient (Wildman–Crippen LogP) is 3.16. The molecule has 0 aliphatic carbocycles. The van der Waals surface area contributed by atoms with Gasteiger partial charge in [0.1, 0.15) is 5.84 Å². The molecule has 0 N–H and O–H groups in total. The Kier molecular flexibility index (Phi) is 4.07. The normalized spacial score (nSPS) is 19.9. The number of halogens is 1. The highest BCUT2D eigenvalue weighted by Gasteiger charge is 2.23. The molecule has 0 spiro atoms. The largest absolute Gasteiger partial charge is 0.312 e. The Bertz CT molecular complexity index is 444. The van der Waals surface area contributed by atoms with Crippen molar-refractivity contribution in [2.75, 3.05) is 6.26 Å². The van der Waals surface area contributed by atoms with Crippen LogP contribution in [0.3, 0.4) is 0 Å². The first-order chi connectivity index (χ1) is 8.20. The van der Waals surface area contributed by atoms with Gasteiger partial charge in [0.15, 0.2) is 5.17 Å². The van der Waals surface area contributed by atoms with Crippen molar-refractivity contribution in [3.63, 3.8) is 0 Å². The van der Waals surface area contributed by atoms with Gasteiger partial charge >= 0.3 is 0 Å². The van der Waals surface area contributed by atoms with E-state index in [4.69, 9.17) is 11.6 Å². The Morgan fingerprint density at radius 2 is 2.06 bits per heavy atom. The Labute approximate surface area is 111 Å². The van der Waals surface area contributed by atoms with E-state index >= 15 is 0 Å². The monoisotopic (exact) mass is 267 g/mol. The summed E-state index contributed by atoms with van der Waals surface area (Å²) in [5.74, 6) is 0.735. The van der Waals surface area contributed by atoms with Crippen LogP contribution in [0.1, 0.15) is 12.5 Å². The fraction of sp³-hybridized carbons (Fsp3) is 0.333. The molecule has 1 heterocycles. The summed E-state index contributed by atoms with van der Waals surface area (Å²) in [6.45, 7) is 2.59. The molecule has 0 saturated heterocycles. The van der Waals surface area contributed by atoms with Crippen LogP contribution >= 0.6 is 23.4 Å². The second kappa shape index (κ2) is 5.56. The smallest absolute Gasteiger partial charge is 0.201 e. The van der Waals surface area contributed by atoms with Crippen LogP contribution in [0.15, 0.2) is 40.3 Å². The number of thioether (sulfide) groups is 1. The maximum atomic E-state index is 6.25. The Balaban J connectivity index is 2.18. The quantitative estimate of drug-likeness (QED) is 0.608. The van der Waals surface area contributed by atoms with Gasteiger partial charge in [-0.2, -0.15) is 0 Å². The van der Waals surface area contributed by atoms with Crippen molar-refractivity contribution in [3.05, 3.63) is 35.9 Å². The van der Waals surface area contributed by atoms with E-state index in [-0.39, 0.29) is 5.62 Å². The molecular weight excluding hydrogens is 254 g/mol. The van der Waals surface area contributed by atoms with Gasteiger partial charge in [0.25, 0.3) is 0 Å². The summed E-state index contributed by atoms with van der Waals surface area (Å²) in [6.07, 6.45) is 2.00. The highest BCUT2D eigenvalue weighted by molar-refractivity contribution is 8.13. The van der Waals surface area contributed by atoms with E-state index in [1.54, 1.807) is 11.8 Å². The molecule has 0 radical (unpaired) electrons. The van der Waals surface area contributed by atoms with Crippen molar-refractivity contribution >= 4 is 34.4 Å². The third-order valence-electron chi connectivity index (χ3n) is 2.43. The minimum atomic E-state index is -0.366. The second-order valence-corrected chi connectivity index (χ2v) is 4.86. The average Bonchev–Trinajstić information content (AvgIpc) is 2.33. The molecule has 90 valence electrons. The lowest BCUT2D eigenvalue weighted by Crippen LogP contribution is -2.37. The van der Waals surface area contributed by atoms with E-state index in [0.29, 0.717) is 0 Å². The molecule has 17 heavy (non-hydrogen) atoms. The molecule has 1 aromatic carbocycles. The molecule has 1 aliphatic heterocycles. The van der Waals surface area contributed by atoms with Crippen LogP contribution < -0.4 is 0 Å². The lowest BCUT2D eigenvalue weighted by atomic mass is 10.2. The van der Waals surface area contributed by atoms with Crippen LogP contribution in [0.25, 0.3) is 0 Å². The highest BCUT2D eigenvalue weighted by Crippen LogP contribution is 2.21. The maximum absolute atomic E-state index is 6.25. The lowest BCUT2D eigenvalue weighted by molar-refractivity contribution is 0.393. The number of hydrogen-bond donors (Lipinski definition) is 0. The summed E-state index contributed by atoms with van der Waals surface area (Å²) in [6, 6.07) is 10.2. The van der Waals surface area contributed by atoms with Crippen LogP contribution in [-0.4, -0.2) is 27.8 Å². The molecule has 1 aromatic rings. The van der Waals surface area contributed by atoms with Gasteiger partial charge < -0.3 is 4.90 Å². The van der Waals surface area contributed by atoms with Gasteiger partial charge in [-0.3, -0.25) is 0 Å². The van der Waals surface area contributed by atoms with Gasteiger partial charge in [-0.15, -0.1) is 0 Å². The van der Waals surface area contributed by atoms with E-state index in [1.807, 2.05) is 36.3 Å². The first kappa shape index (κ1) is 12.5. The topological polar surface area (TPSA) is 28.0 Å². The van der Waals surface area contributed by atoms with Crippen molar-refractivity contribution in [2.45, 2.75) is 19.1 Å². The molecule has 5 heteroatoms. The van der Waals surface area contributed by atoms with Crippen molar-refractivity contribution in [2.24, 2.45) is 9.98 Å². The van der Waals surface area contributed by atoms with Gasteiger partial charge in [0.05, 0.1) is 0 Å². The zero-order valence-corrected chi connectivity index (χ0v) is 11.4. The van der Waals surface area contributed by atoms with Gasteiger partial charge in [-0.25, -0.2) is 9.98 Å². The summed E-state index contributed by atoms with van der Waals surface area (Å²) in [4.78, 5) is 10.7. The van der Waals surface area contributed by atoms with Crippen molar-refractivity contribution in [1.82, 2.24) is 4.90 Å². The first-order valence-corrected chi connectivity index (χ1v) is 6.98. The van der Waals surface area contributed by atoms with E-state index < -0.39 is 0 Å². The zero-order valence-electron chi connectivity index (χ0n) is 9.80. The molecule has 2 rings (SSSR count). The van der Waals surface area contributed by atoms with Crippen LogP contribution in [0.4, 0.5) is 0 Å². The summed E-state index contributed by atoms with van der Waals surface area (Å²) >= 11 is 7.84. The molecule has 1 unspecified atom stereocenters. The Hall–Kier alpha value is -1.00. The summed E-state index contributed by atoms with van der Waals surface area (Å²) in [5.41, 5.74) is 0.838. The number of alkyl halides is 1. The predicted molar refractivity (Wildman–Crippen MR) is 75.7 cm³/mol. The first-order valence-electron chi connectivity index (χ1n) is 5.32. The van der Waals surface area contributed by atoms with E-state index in [1.165, 1.54) is 5.56 Å². The SMILES string of the molecule is CSC1=NC(C)=NC(Cl)N1Cc1ccccc1. The molecule has 0 saturated carbocycles. The number of nitrogens with zero attached hydrogens (tertiary/aromatic N) is 3. The summed E-state index contributed by atoms with van der Waals surface area (Å²) in [5, 5.41) is 0.918. The average molecular weight is 268 g/mol. The van der Waals surface area contributed by atoms with Gasteiger partial charge in [0, 0.05) is 6.54 Å². The fourth-order valence-electron chi connectivity index (χ4n) is 1.63. The highest BCUT2D eigenvalue weighted by atomic mass is 35.5. The van der Waals surface area contributed by atoms with E-state index in [0.717, 1.165) is 17.5 Å². The van der Waals surface area contributed by atoms with Crippen LogP contribution in [0, 0.1) is 0 Å². The standard InChI is InChI=1S/C12H14ClN3S/c1-9-14-11(13)16(12(15-9)17-2)8-10-6-4-3-5-7-10/h3-7,11H,8H2,1-2H3. The molecular formula is C12H14ClN3S. The minimum absolute atomic E-state index is 0.366. The lowest BCUT2D eigenvalue weighted by Gasteiger charge is -2.30. The van der Waals surface area contributed by atoms with E-state index in [9.17, 15) is 0 Å². The maximum Gasteiger partial charge on any atom is 0.201 e. The molecule has 0 fully saturated rings. The number of benzene rings is 1. The van der Waals surface area contributed by atoms with Crippen LogP contribution in [0.2, 0.25) is 0 Å². The number of aliphatic imine (C=N–C) groups is 2. The van der Waals surface area contributed by atoms with Crippen molar-refractivity contribution < 1.29 is 0 Å². The Morgan fingerprint density at radius 3 is 2.71 bits per heavy atom. The third-order valence-corrected chi connectivity index (χ3v) is 3.46. The number of hydrogen-bond acceptors (Lipinski definition) is 4. The zero-order chi connectivity index (χ0) is 12.3. The molecule has 1 atom stereocenters. The van der Waals surface area contributed by atoms with Crippen molar-refractivity contribution in [1.29, 1.82) is 0 Å². The molecule has 0 aromatic heterocycles. The minimum Gasteiger partial charge on any atom is -0.312 e. The number of rotatable bonds is 2. The molecule has 0 bridgehead atoms. The van der Waals surface area contributed by atoms with Gasteiger partial charge in [-0.05, 0) is 18.7 Å². The van der Waals surface area contributed by atoms with Crippen molar-refractivity contribution in [3.8, 4) is 0 Å². The van der Waals surface area contributed by atoms with Gasteiger partial charge in [0.2, 0.25) is 5.62 Å². The fourth-order valence-corrected chi connectivity index (χ4v) is 2.62. The van der Waals surface area contributed by atoms with E-state index in [2.05, 4.69) is 22.1 Å².